The third-order valence-electron chi connectivity index (χ3n) is 11.2. The van der Waals surface area contributed by atoms with Gasteiger partial charge in [-0.25, -0.2) is 27.1 Å². The molecule has 3 heterocycles. The fraction of sp³-hybridized carbons (Fsp3) is 0.649. The summed E-state index contributed by atoms with van der Waals surface area (Å²) >= 11 is 0. The van der Waals surface area contributed by atoms with Crippen molar-refractivity contribution in [2.24, 2.45) is 5.92 Å². The van der Waals surface area contributed by atoms with Gasteiger partial charge in [-0.15, -0.1) is 6.58 Å². The number of sulfonamides is 1. The van der Waals surface area contributed by atoms with E-state index in [0.717, 1.165) is 50.7 Å². The summed E-state index contributed by atoms with van der Waals surface area (Å²) in [6, 6.07) is 0.835. The molecule has 6 rings (SSSR count). The number of benzene rings is 1. The van der Waals surface area contributed by atoms with Crippen molar-refractivity contribution in [1.82, 2.24) is 25.2 Å². The molecule has 0 unspecified atom stereocenters. The van der Waals surface area contributed by atoms with Crippen molar-refractivity contribution in [1.29, 1.82) is 0 Å². The number of halogens is 1. The Bertz CT molecular complexity index is 1820. The zero-order valence-electron chi connectivity index (χ0n) is 31.3. The number of fused-ring (bicyclic) bond motifs is 2. The second kappa shape index (κ2) is 17.9. The van der Waals surface area contributed by atoms with Crippen LogP contribution in [0.3, 0.4) is 0 Å². The Morgan fingerprint density at radius 3 is 2.39 bits per heavy atom. The first kappa shape index (κ1) is 41.4. The summed E-state index contributed by atoms with van der Waals surface area (Å²) in [6.07, 6.45) is 5.49. The number of alkyl carbamates (subject to hydrolysis) is 1. The number of carbonyl (C=O) groups excluding carboxylic acids is 5. The van der Waals surface area contributed by atoms with Gasteiger partial charge in [0.1, 0.15) is 40.5 Å². The van der Waals surface area contributed by atoms with Crippen LogP contribution in [0.1, 0.15) is 77.0 Å². The van der Waals surface area contributed by atoms with Gasteiger partial charge < -0.3 is 35.2 Å². The van der Waals surface area contributed by atoms with Crippen LogP contribution < -0.4 is 20.7 Å². The average molecular weight is 823 g/mol. The summed E-state index contributed by atoms with van der Waals surface area (Å²) in [5.74, 6) is -3.41. The fourth-order valence-electron chi connectivity index (χ4n) is 7.90. The summed E-state index contributed by atoms with van der Waals surface area (Å²) in [4.78, 5) is 71.1. The molecule has 2 saturated carbocycles. The lowest BCUT2D eigenvalue weighted by atomic mass is 10.0. The lowest BCUT2D eigenvalue weighted by molar-refractivity contribution is -0.141. The second-order valence-corrected chi connectivity index (χ2v) is 18.5. The highest BCUT2D eigenvalue weighted by Gasteiger charge is 2.61. The van der Waals surface area contributed by atoms with E-state index < -0.39 is 91.1 Å². The number of anilines is 1. The molecular formula is C37H51FN6O10S2. The average Bonchev–Trinajstić information content (AvgIpc) is 3.41. The molecule has 1 spiro atoms. The van der Waals surface area contributed by atoms with Crippen molar-refractivity contribution in [2.45, 2.75) is 112 Å². The Morgan fingerprint density at radius 1 is 0.982 bits per heavy atom. The Kier molecular flexibility index (Phi) is 13.2. The van der Waals surface area contributed by atoms with Crippen LogP contribution in [0.15, 0.2) is 35.7 Å². The van der Waals surface area contributed by atoms with E-state index in [1.54, 1.807) is 0 Å². The van der Waals surface area contributed by atoms with E-state index in [4.69, 9.17) is 9.47 Å². The van der Waals surface area contributed by atoms with Crippen LogP contribution in [0.4, 0.5) is 19.7 Å². The highest BCUT2D eigenvalue weighted by molar-refractivity contribution is 7.90. The first-order chi connectivity index (χ1) is 26.8. The van der Waals surface area contributed by atoms with Crippen LogP contribution in [0.25, 0.3) is 0 Å². The molecule has 0 aromatic heterocycles. The largest absolute Gasteiger partial charge is 0.446 e. The maximum atomic E-state index is 14.5. The Hall–Kier alpha value is -4.26. The number of carbonyl (C=O) groups is 5. The summed E-state index contributed by atoms with van der Waals surface area (Å²) in [7, 11) is -5.71. The molecule has 0 bridgehead atoms. The van der Waals surface area contributed by atoms with Crippen molar-refractivity contribution >= 4 is 56.4 Å². The normalized spacial score (nSPS) is 29.6. The van der Waals surface area contributed by atoms with E-state index in [1.807, 2.05) is 4.72 Å². The van der Waals surface area contributed by atoms with E-state index >= 15 is 0 Å². The monoisotopic (exact) mass is 822 g/mol. The lowest BCUT2D eigenvalue weighted by Gasteiger charge is -2.30. The molecule has 4 N–H and O–H groups in total. The second-order valence-electron chi connectivity index (χ2n) is 15.2. The molecule has 5 aliphatic rings. The number of amides is 5. The minimum absolute atomic E-state index is 0.00947. The van der Waals surface area contributed by atoms with Gasteiger partial charge in [-0.05, 0) is 63.1 Å². The molecule has 19 heteroatoms. The number of rotatable bonds is 4. The zero-order valence-corrected chi connectivity index (χ0v) is 32.9. The molecule has 308 valence electrons. The Morgan fingerprint density at radius 2 is 1.68 bits per heavy atom. The molecule has 4 fully saturated rings. The Balaban J connectivity index is 1.28. The van der Waals surface area contributed by atoms with Gasteiger partial charge in [0.25, 0.3) is 15.9 Å². The van der Waals surface area contributed by atoms with Gasteiger partial charge in [-0.2, -0.15) is 0 Å². The predicted octanol–water partition coefficient (Wildman–Crippen LogP) is 2.67. The number of nitrogens with zero attached hydrogens (tertiary/aromatic N) is 2. The first-order valence-corrected chi connectivity index (χ1v) is 22.4. The minimum atomic E-state index is -4.66. The highest BCUT2D eigenvalue weighted by atomic mass is 32.2. The van der Waals surface area contributed by atoms with Crippen molar-refractivity contribution in [3.63, 3.8) is 0 Å². The number of nitrogens with one attached hydrogen (secondary N) is 4. The standard InChI is InChI=1S/C37H51FN6O10S2/c1-2-24-22-37(24)34(47)42-56(51,52)31-20-25(38)13-14-28(31)39-15-9-5-3-4-6-12-29(40-35(48)53-26-10-7-8-11-26)33(46)44-23-27(21-30(44)32(45)41-37)54-36(49)43-16-18-55(50)19-17-43/h2,13-14,20,24,26-27,29-30,39H,1,3-12,15-19,21-23H2,(H,40,48)(H,41,45)(H,42,47)/t24-,27-,29+,30+,37-/m1/s1. The minimum Gasteiger partial charge on any atom is -0.446 e. The maximum absolute atomic E-state index is 14.5. The van der Waals surface area contributed by atoms with Crippen LogP contribution >= 0.6 is 0 Å². The van der Waals surface area contributed by atoms with Crippen molar-refractivity contribution in [2.75, 3.05) is 43.0 Å². The number of hydrogen-bond acceptors (Lipinski definition) is 11. The van der Waals surface area contributed by atoms with Crippen LogP contribution in [0, 0.1) is 11.7 Å². The Labute approximate surface area is 328 Å². The third-order valence-corrected chi connectivity index (χ3v) is 13.9. The smallest absolute Gasteiger partial charge is 0.410 e. The molecule has 1 aromatic rings. The molecule has 2 aliphatic carbocycles. The van der Waals surface area contributed by atoms with E-state index in [-0.39, 0.29) is 50.7 Å². The number of ether oxygens (including phenoxy) is 2. The summed E-state index contributed by atoms with van der Waals surface area (Å²) in [6.45, 7) is 4.33. The molecule has 16 nitrogen and oxygen atoms in total. The van der Waals surface area contributed by atoms with E-state index in [9.17, 15) is 41.0 Å². The van der Waals surface area contributed by atoms with Crippen molar-refractivity contribution in [3.8, 4) is 0 Å². The van der Waals surface area contributed by atoms with Crippen LogP contribution in [-0.2, 0) is 44.7 Å². The van der Waals surface area contributed by atoms with Crippen LogP contribution in [-0.4, -0.2) is 120 Å². The van der Waals surface area contributed by atoms with Gasteiger partial charge in [0, 0.05) is 54.3 Å². The van der Waals surface area contributed by atoms with Gasteiger partial charge in [0.05, 0.1) is 12.2 Å². The molecule has 5 amide bonds. The first-order valence-electron chi connectivity index (χ1n) is 19.4. The molecule has 1 aromatic carbocycles. The molecule has 3 aliphatic heterocycles. The van der Waals surface area contributed by atoms with Gasteiger partial charge in [0.15, 0.2) is 0 Å². The summed E-state index contributed by atoms with van der Waals surface area (Å²) < 4.78 is 67.0. The van der Waals surface area contributed by atoms with Crippen molar-refractivity contribution < 1.29 is 50.5 Å². The van der Waals surface area contributed by atoms with Gasteiger partial charge >= 0.3 is 12.2 Å². The fourth-order valence-corrected chi connectivity index (χ4v) is 10.2. The van der Waals surface area contributed by atoms with Crippen LogP contribution in [0.5, 0.6) is 0 Å². The van der Waals surface area contributed by atoms with E-state index in [1.165, 1.54) is 21.9 Å². The number of hydrogen-bond donors (Lipinski definition) is 4. The molecule has 2 saturated heterocycles. The van der Waals surface area contributed by atoms with Gasteiger partial charge in [-0.1, -0.05) is 31.8 Å². The molecule has 5 atom stereocenters. The van der Waals surface area contributed by atoms with Crippen molar-refractivity contribution in [3.05, 3.63) is 36.7 Å². The maximum Gasteiger partial charge on any atom is 0.410 e. The SMILES string of the molecule is C=C[C@@H]1C[C@@]12NC(=O)[C@@H]1C[C@@H](OC(=O)N3CCS(=O)CC3)CN1C(=O)[C@@H](NC(=O)OC1CCCC1)CCCCCCCNc1ccc(F)cc1S(=O)(=O)NC2=O. The topological polar surface area (TPSA) is 210 Å². The zero-order chi connectivity index (χ0) is 40.0. The van der Waals surface area contributed by atoms with Crippen LogP contribution in [0.2, 0.25) is 0 Å². The predicted molar refractivity (Wildman–Crippen MR) is 203 cm³/mol. The summed E-state index contributed by atoms with van der Waals surface area (Å²) in [5.41, 5.74) is -1.67. The summed E-state index contributed by atoms with van der Waals surface area (Å²) in [5, 5.41) is 8.45. The van der Waals surface area contributed by atoms with Gasteiger partial charge in [-0.3, -0.25) is 18.6 Å². The quantitative estimate of drug-likeness (QED) is 0.325. The van der Waals surface area contributed by atoms with Gasteiger partial charge in [0.2, 0.25) is 11.8 Å². The molecular weight excluding hydrogens is 772 g/mol. The highest BCUT2D eigenvalue weighted by Crippen LogP contribution is 2.45. The molecule has 56 heavy (non-hydrogen) atoms. The van der Waals surface area contributed by atoms with E-state index in [0.29, 0.717) is 37.3 Å². The third kappa shape index (κ3) is 9.81. The lowest BCUT2D eigenvalue weighted by Crippen LogP contribution is -2.58. The molecule has 0 radical (unpaired) electrons. The van der Waals surface area contributed by atoms with E-state index in [2.05, 4.69) is 22.5 Å².